The smallest absolute Gasteiger partial charge is 0.337 e. The summed E-state index contributed by atoms with van der Waals surface area (Å²) in [5, 5.41) is 0. The molecule has 0 saturated heterocycles. The van der Waals surface area contributed by atoms with Gasteiger partial charge in [-0.1, -0.05) is 0 Å². The minimum absolute atomic E-state index is 0.183. The predicted molar refractivity (Wildman–Crippen MR) is 61.2 cm³/mol. The number of methoxy groups -OCH3 is 1. The summed E-state index contributed by atoms with van der Waals surface area (Å²) in [5.74, 6) is -0.861. The Kier molecular flexibility index (Phi) is 3.98. The van der Waals surface area contributed by atoms with Gasteiger partial charge in [0.2, 0.25) is 0 Å². The topological polar surface area (TPSA) is 63.7 Å². The Bertz CT molecular complexity index is 466. The van der Waals surface area contributed by atoms with Crippen molar-refractivity contribution in [3.8, 4) is 0 Å². The first kappa shape index (κ1) is 12.9. The van der Waals surface area contributed by atoms with Gasteiger partial charge in [0.1, 0.15) is 6.29 Å². The molecular formula is C12H13NO4. The van der Waals surface area contributed by atoms with Crippen LogP contribution in [0.25, 0.3) is 0 Å². The van der Waals surface area contributed by atoms with E-state index in [2.05, 4.69) is 4.74 Å². The lowest BCUT2D eigenvalue weighted by Crippen LogP contribution is -2.22. The zero-order valence-electron chi connectivity index (χ0n) is 9.89. The third-order valence-corrected chi connectivity index (χ3v) is 2.17. The van der Waals surface area contributed by atoms with Gasteiger partial charge >= 0.3 is 5.97 Å². The fraction of sp³-hybridized carbons (Fsp3) is 0.250. The van der Waals surface area contributed by atoms with Crippen LogP contribution in [0.5, 0.6) is 0 Å². The van der Waals surface area contributed by atoms with Gasteiger partial charge < -0.3 is 9.64 Å². The van der Waals surface area contributed by atoms with Gasteiger partial charge in [-0.25, -0.2) is 4.79 Å². The van der Waals surface area contributed by atoms with E-state index in [0.717, 1.165) is 0 Å². The molecule has 0 aliphatic carbocycles. The molecular weight excluding hydrogens is 222 g/mol. The number of carbonyl (C=O) groups is 3. The maximum Gasteiger partial charge on any atom is 0.337 e. The van der Waals surface area contributed by atoms with Crippen molar-refractivity contribution in [2.75, 3.05) is 21.2 Å². The molecule has 1 aromatic rings. The van der Waals surface area contributed by atoms with E-state index in [1.165, 1.54) is 30.2 Å². The number of aldehydes is 1. The molecule has 5 heteroatoms. The zero-order chi connectivity index (χ0) is 13.0. The second kappa shape index (κ2) is 5.25. The number of carbonyl (C=O) groups excluding carboxylic acids is 3. The molecule has 0 atom stereocenters. The van der Waals surface area contributed by atoms with Gasteiger partial charge in [0.15, 0.2) is 0 Å². The summed E-state index contributed by atoms with van der Waals surface area (Å²) in [6.07, 6.45) is 0.582. The molecule has 0 spiro atoms. The molecule has 0 aliphatic rings. The number of esters is 1. The van der Waals surface area contributed by atoms with Gasteiger partial charge in [-0.3, -0.25) is 9.59 Å². The fourth-order valence-electron chi connectivity index (χ4n) is 1.34. The van der Waals surface area contributed by atoms with Crippen LogP contribution in [-0.2, 0) is 4.74 Å². The molecule has 0 bridgehead atoms. The van der Waals surface area contributed by atoms with Crippen LogP contribution < -0.4 is 0 Å². The van der Waals surface area contributed by atoms with E-state index >= 15 is 0 Å². The molecule has 1 aromatic carbocycles. The van der Waals surface area contributed by atoms with Crippen molar-refractivity contribution in [2.24, 2.45) is 0 Å². The van der Waals surface area contributed by atoms with E-state index in [-0.39, 0.29) is 22.6 Å². The summed E-state index contributed by atoms with van der Waals surface area (Å²) >= 11 is 0. The highest BCUT2D eigenvalue weighted by Gasteiger charge is 2.14. The van der Waals surface area contributed by atoms with E-state index in [1.807, 2.05) is 0 Å². The molecule has 0 aliphatic heterocycles. The molecule has 5 nitrogen and oxygen atoms in total. The summed E-state index contributed by atoms with van der Waals surface area (Å²) in [6, 6.07) is 4.22. The maximum absolute atomic E-state index is 11.7. The van der Waals surface area contributed by atoms with E-state index in [1.54, 1.807) is 14.1 Å². The summed E-state index contributed by atoms with van der Waals surface area (Å²) in [6.45, 7) is 0. The highest BCUT2D eigenvalue weighted by molar-refractivity contribution is 5.99. The van der Waals surface area contributed by atoms with Crippen LogP contribution in [-0.4, -0.2) is 44.3 Å². The van der Waals surface area contributed by atoms with Gasteiger partial charge in [0.25, 0.3) is 5.91 Å². The molecule has 1 amide bonds. The first-order valence-electron chi connectivity index (χ1n) is 4.90. The van der Waals surface area contributed by atoms with Crippen molar-refractivity contribution in [1.82, 2.24) is 4.90 Å². The summed E-state index contributed by atoms with van der Waals surface area (Å²) in [4.78, 5) is 35.2. The van der Waals surface area contributed by atoms with Crippen molar-refractivity contribution in [1.29, 1.82) is 0 Å². The fourth-order valence-corrected chi connectivity index (χ4v) is 1.34. The first-order valence-corrected chi connectivity index (χ1v) is 4.90. The van der Waals surface area contributed by atoms with Crippen molar-refractivity contribution in [3.05, 3.63) is 34.9 Å². The number of benzene rings is 1. The lowest BCUT2D eigenvalue weighted by atomic mass is 10.1. The average molecular weight is 235 g/mol. The number of nitrogens with zero attached hydrogens (tertiary/aromatic N) is 1. The molecule has 0 fully saturated rings. The summed E-state index contributed by atoms with van der Waals surface area (Å²) in [5.41, 5.74) is 0.723. The van der Waals surface area contributed by atoms with Gasteiger partial charge in [0.05, 0.1) is 12.7 Å². The Morgan fingerprint density at radius 1 is 1.18 bits per heavy atom. The number of rotatable bonds is 3. The first-order chi connectivity index (χ1) is 7.99. The minimum atomic E-state index is -0.582. The molecule has 0 saturated carbocycles. The third-order valence-electron chi connectivity index (χ3n) is 2.17. The SMILES string of the molecule is COC(=O)c1cc(C=O)cc(C(=O)N(C)C)c1. The molecule has 90 valence electrons. The van der Waals surface area contributed by atoms with E-state index in [9.17, 15) is 14.4 Å². The molecule has 0 N–H and O–H groups in total. The van der Waals surface area contributed by atoms with E-state index in [0.29, 0.717) is 6.29 Å². The minimum Gasteiger partial charge on any atom is -0.465 e. The van der Waals surface area contributed by atoms with Crippen LogP contribution in [0.2, 0.25) is 0 Å². The zero-order valence-corrected chi connectivity index (χ0v) is 9.89. The second-order valence-corrected chi connectivity index (χ2v) is 3.65. The van der Waals surface area contributed by atoms with Crippen molar-refractivity contribution < 1.29 is 19.1 Å². The van der Waals surface area contributed by atoms with Gasteiger partial charge in [0, 0.05) is 25.2 Å². The van der Waals surface area contributed by atoms with Crippen molar-refractivity contribution in [2.45, 2.75) is 0 Å². The summed E-state index contributed by atoms with van der Waals surface area (Å²) < 4.78 is 4.55. The maximum atomic E-state index is 11.7. The Balaban J connectivity index is 3.27. The Labute approximate surface area is 99.0 Å². The quantitative estimate of drug-likeness (QED) is 0.579. The summed E-state index contributed by atoms with van der Waals surface area (Å²) in [7, 11) is 4.42. The third kappa shape index (κ3) is 2.90. The van der Waals surface area contributed by atoms with Crippen molar-refractivity contribution >= 4 is 18.2 Å². The second-order valence-electron chi connectivity index (χ2n) is 3.65. The van der Waals surface area contributed by atoms with E-state index < -0.39 is 5.97 Å². The van der Waals surface area contributed by atoms with Crippen LogP contribution in [0.1, 0.15) is 31.1 Å². The van der Waals surface area contributed by atoms with Crippen LogP contribution in [0, 0.1) is 0 Å². The number of hydrogen-bond donors (Lipinski definition) is 0. The molecule has 0 unspecified atom stereocenters. The van der Waals surface area contributed by atoms with Gasteiger partial charge in [-0.15, -0.1) is 0 Å². The average Bonchev–Trinajstić information content (AvgIpc) is 2.35. The molecule has 0 aromatic heterocycles. The number of hydrogen-bond acceptors (Lipinski definition) is 4. The number of amides is 1. The largest absolute Gasteiger partial charge is 0.465 e. The Morgan fingerprint density at radius 2 is 1.76 bits per heavy atom. The van der Waals surface area contributed by atoms with Gasteiger partial charge in [-0.2, -0.15) is 0 Å². The monoisotopic (exact) mass is 235 g/mol. The standard InChI is InChI=1S/C12H13NO4/c1-13(2)11(15)9-4-8(7-14)5-10(6-9)12(16)17-3/h4-7H,1-3H3. The lowest BCUT2D eigenvalue weighted by molar-refractivity contribution is 0.0600. The molecule has 17 heavy (non-hydrogen) atoms. The Morgan fingerprint density at radius 3 is 2.24 bits per heavy atom. The van der Waals surface area contributed by atoms with Crippen LogP contribution in [0.4, 0.5) is 0 Å². The van der Waals surface area contributed by atoms with E-state index in [4.69, 9.17) is 0 Å². The normalized spacial score (nSPS) is 9.59. The van der Waals surface area contributed by atoms with Crippen LogP contribution >= 0.6 is 0 Å². The molecule has 0 heterocycles. The Hall–Kier alpha value is -2.17. The molecule has 0 radical (unpaired) electrons. The number of ether oxygens (including phenoxy) is 1. The highest BCUT2D eigenvalue weighted by Crippen LogP contribution is 2.12. The lowest BCUT2D eigenvalue weighted by Gasteiger charge is -2.11. The van der Waals surface area contributed by atoms with Crippen LogP contribution in [0.15, 0.2) is 18.2 Å². The van der Waals surface area contributed by atoms with Crippen LogP contribution in [0.3, 0.4) is 0 Å². The molecule has 1 rings (SSSR count). The van der Waals surface area contributed by atoms with Gasteiger partial charge in [-0.05, 0) is 18.2 Å². The van der Waals surface area contributed by atoms with Crippen molar-refractivity contribution in [3.63, 3.8) is 0 Å². The highest BCUT2D eigenvalue weighted by atomic mass is 16.5. The predicted octanol–water partition coefficient (Wildman–Crippen LogP) is 0.988.